The number of nitrogens with zero attached hydrogens (tertiary/aromatic N) is 1. The first kappa shape index (κ1) is 17.7. The van der Waals surface area contributed by atoms with Crippen LogP contribution in [0.2, 0.25) is 0 Å². The van der Waals surface area contributed by atoms with E-state index in [0.717, 1.165) is 16.8 Å². The lowest BCUT2D eigenvalue weighted by atomic mass is 10.0. The van der Waals surface area contributed by atoms with Gasteiger partial charge in [0.05, 0.1) is 0 Å². The van der Waals surface area contributed by atoms with Crippen molar-refractivity contribution in [2.75, 3.05) is 16.8 Å². The van der Waals surface area contributed by atoms with Crippen LogP contribution in [-0.2, 0) is 9.59 Å². The minimum Gasteiger partial charge on any atom is -0.318 e. The average molecular weight is 324 g/mol. The summed E-state index contributed by atoms with van der Waals surface area (Å²) in [6.07, 6.45) is 0. The van der Waals surface area contributed by atoms with Crippen LogP contribution in [0, 0.1) is 6.92 Å². The highest BCUT2D eigenvalue weighted by Gasteiger charge is 2.23. The molecule has 126 valence electrons. The Kier molecular flexibility index (Phi) is 5.74. The fourth-order valence-electron chi connectivity index (χ4n) is 2.65. The fraction of sp³-hybridized carbons (Fsp3) is 0.300. The third kappa shape index (κ3) is 4.02. The van der Waals surface area contributed by atoms with Crippen molar-refractivity contribution in [3.63, 3.8) is 0 Å². The SMILES string of the molecule is CCN(C(=O)C(=O)Nc1ccccc1C(C)C)c1cccc(C)c1. The van der Waals surface area contributed by atoms with Crippen LogP contribution >= 0.6 is 0 Å². The minimum absolute atomic E-state index is 0.260. The van der Waals surface area contributed by atoms with E-state index in [1.54, 1.807) is 0 Å². The molecule has 0 saturated carbocycles. The van der Waals surface area contributed by atoms with Crippen molar-refractivity contribution in [2.24, 2.45) is 0 Å². The number of aryl methyl sites for hydroxylation is 1. The molecule has 0 spiro atoms. The maximum absolute atomic E-state index is 12.6. The second kappa shape index (κ2) is 7.77. The van der Waals surface area contributed by atoms with Gasteiger partial charge < -0.3 is 10.2 Å². The molecule has 0 aliphatic rings. The van der Waals surface area contributed by atoms with Crippen LogP contribution in [0.15, 0.2) is 48.5 Å². The van der Waals surface area contributed by atoms with Crippen LogP contribution in [0.25, 0.3) is 0 Å². The Morgan fingerprint density at radius 1 is 1.08 bits per heavy atom. The Hall–Kier alpha value is -2.62. The van der Waals surface area contributed by atoms with Crippen LogP contribution in [0.4, 0.5) is 11.4 Å². The molecular formula is C20H24N2O2. The molecule has 4 nitrogen and oxygen atoms in total. The number of anilines is 2. The van der Waals surface area contributed by atoms with Gasteiger partial charge in [-0.15, -0.1) is 0 Å². The van der Waals surface area contributed by atoms with E-state index in [1.807, 2.05) is 62.4 Å². The van der Waals surface area contributed by atoms with Crippen molar-refractivity contribution in [1.29, 1.82) is 0 Å². The van der Waals surface area contributed by atoms with Crippen molar-refractivity contribution in [2.45, 2.75) is 33.6 Å². The van der Waals surface area contributed by atoms with E-state index in [9.17, 15) is 9.59 Å². The minimum atomic E-state index is -0.619. The number of para-hydroxylation sites is 1. The van der Waals surface area contributed by atoms with Gasteiger partial charge in [-0.1, -0.05) is 44.2 Å². The van der Waals surface area contributed by atoms with Crippen molar-refractivity contribution >= 4 is 23.2 Å². The van der Waals surface area contributed by atoms with Gasteiger partial charge in [0.1, 0.15) is 0 Å². The van der Waals surface area contributed by atoms with E-state index >= 15 is 0 Å². The monoisotopic (exact) mass is 324 g/mol. The summed E-state index contributed by atoms with van der Waals surface area (Å²) in [5, 5.41) is 2.76. The average Bonchev–Trinajstić information content (AvgIpc) is 2.55. The lowest BCUT2D eigenvalue weighted by Gasteiger charge is -2.21. The molecule has 2 rings (SSSR count). The molecule has 0 aromatic heterocycles. The second-order valence-corrected chi connectivity index (χ2v) is 6.08. The summed E-state index contributed by atoms with van der Waals surface area (Å²) in [4.78, 5) is 26.5. The number of carbonyl (C=O) groups is 2. The van der Waals surface area contributed by atoms with Crippen molar-refractivity contribution in [1.82, 2.24) is 0 Å². The number of amides is 2. The van der Waals surface area contributed by atoms with Crippen molar-refractivity contribution in [3.05, 3.63) is 59.7 Å². The Balaban J connectivity index is 2.21. The molecule has 2 aromatic rings. The Morgan fingerprint density at radius 3 is 2.42 bits per heavy atom. The second-order valence-electron chi connectivity index (χ2n) is 6.08. The lowest BCUT2D eigenvalue weighted by molar-refractivity contribution is -0.134. The zero-order chi connectivity index (χ0) is 17.7. The highest BCUT2D eigenvalue weighted by atomic mass is 16.2. The summed E-state index contributed by atoms with van der Waals surface area (Å²) < 4.78 is 0. The van der Waals surface area contributed by atoms with Gasteiger partial charge in [0, 0.05) is 17.9 Å². The van der Waals surface area contributed by atoms with Crippen LogP contribution in [0.1, 0.15) is 37.8 Å². The molecule has 0 saturated heterocycles. The standard InChI is InChI=1S/C20H24N2O2/c1-5-22(16-10-8-9-15(4)13-16)20(24)19(23)21-18-12-7-6-11-17(18)14(2)3/h6-14H,5H2,1-4H3,(H,21,23). The molecule has 2 amide bonds. The van der Waals surface area contributed by atoms with Gasteiger partial charge in [-0.3, -0.25) is 9.59 Å². The molecule has 0 atom stereocenters. The summed E-state index contributed by atoms with van der Waals surface area (Å²) >= 11 is 0. The molecule has 0 aliphatic carbocycles. The summed E-state index contributed by atoms with van der Waals surface area (Å²) in [5.74, 6) is -0.913. The molecule has 1 N–H and O–H groups in total. The lowest BCUT2D eigenvalue weighted by Crippen LogP contribution is -2.40. The number of nitrogens with one attached hydrogen (secondary N) is 1. The van der Waals surface area contributed by atoms with E-state index in [0.29, 0.717) is 12.2 Å². The number of carbonyl (C=O) groups excluding carboxylic acids is 2. The van der Waals surface area contributed by atoms with Gasteiger partial charge in [-0.05, 0) is 49.1 Å². The highest BCUT2D eigenvalue weighted by Crippen LogP contribution is 2.24. The third-order valence-corrected chi connectivity index (χ3v) is 3.90. The van der Waals surface area contributed by atoms with Crippen LogP contribution in [0.5, 0.6) is 0 Å². The molecule has 2 aromatic carbocycles. The van der Waals surface area contributed by atoms with Gasteiger partial charge in [-0.2, -0.15) is 0 Å². The first-order chi connectivity index (χ1) is 11.4. The Morgan fingerprint density at radius 2 is 1.79 bits per heavy atom. The molecule has 0 bridgehead atoms. The molecule has 0 aliphatic heterocycles. The third-order valence-electron chi connectivity index (χ3n) is 3.90. The maximum Gasteiger partial charge on any atom is 0.316 e. The van der Waals surface area contributed by atoms with Gasteiger partial charge in [-0.25, -0.2) is 0 Å². The quantitative estimate of drug-likeness (QED) is 0.860. The van der Waals surface area contributed by atoms with Crippen molar-refractivity contribution in [3.8, 4) is 0 Å². The Bertz CT molecular complexity index is 738. The normalized spacial score (nSPS) is 10.5. The first-order valence-electron chi connectivity index (χ1n) is 8.22. The van der Waals surface area contributed by atoms with Crippen LogP contribution < -0.4 is 10.2 Å². The van der Waals surface area contributed by atoms with E-state index in [1.165, 1.54) is 4.90 Å². The number of rotatable bonds is 4. The van der Waals surface area contributed by atoms with E-state index in [2.05, 4.69) is 19.2 Å². The van der Waals surface area contributed by atoms with Crippen molar-refractivity contribution < 1.29 is 9.59 Å². The molecule has 0 fully saturated rings. The van der Waals surface area contributed by atoms with Crippen LogP contribution in [-0.4, -0.2) is 18.4 Å². The molecule has 0 unspecified atom stereocenters. The predicted octanol–water partition coefficient (Wildman–Crippen LogP) is 4.11. The summed E-state index contributed by atoms with van der Waals surface area (Å²) in [6, 6.07) is 15.1. The predicted molar refractivity (Wildman–Crippen MR) is 98.4 cm³/mol. The van der Waals surface area contributed by atoms with Gasteiger partial charge in [0.15, 0.2) is 0 Å². The smallest absolute Gasteiger partial charge is 0.316 e. The van der Waals surface area contributed by atoms with Gasteiger partial charge >= 0.3 is 11.8 Å². The largest absolute Gasteiger partial charge is 0.318 e. The fourth-order valence-corrected chi connectivity index (χ4v) is 2.65. The maximum atomic E-state index is 12.6. The zero-order valence-corrected chi connectivity index (χ0v) is 14.7. The van der Waals surface area contributed by atoms with E-state index in [-0.39, 0.29) is 5.92 Å². The molecule has 0 heterocycles. The number of hydrogen-bond donors (Lipinski definition) is 1. The van der Waals surface area contributed by atoms with E-state index in [4.69, 9.17) is 0 Å². The molecular weight excluding hydrogens is 300 g/mol. The van der Waals surface area contributed by atoms with Gasteiger partial charge in [0.25, 0.3) is 0 Å². The topological polar surface area (TPSA) is 49.4 Å². The van der Waals surface area contributed by atoms with Crippen LogP contribution in [0.3, 0.4) is 0 Å². The number of hydrogen-bond acceptors (Lipinski definition) is 2. The summed E-state index contributed by atoms with van der Waals surface area (Å²) in [6.45, 7) is 8.35. The molecule has 0 radical (unpaired) electrons. The molecule has 4 heteroatoms. The summed E-state index contributed by atoms with van der Waals surface area (Å²) in [7, 11) is 0. The van der Waals surface area contributed by atoms with E-state index < -0.39 is 11.8 Å². The zero-order valence-electron chi connectivity index (χ0n) is 14.7. The highest BCUT2D eigenvalue weighted by molar-refractivity contribution is 6.44. The number of likely N-dealkylation sites (N-methyl/N-ethyl adjacent to an activating group) is 1. The Labute approximate surface area is 143 Å². The summed E-state index contributed by atoms with van der Waals surface area (Å²) in [5.41, 5.74) is 3.47. The number of benzene rings is 2. The molecule has 24 heavy (non-hydrogen) atoms. The first-order valence-corrected chi connectivity index (χ1v) is 8.22. The van der Waals surface area contributed by atoms with Gasteiger partial charge in [0.2, 0.25) is 0 Å².